The SMILES string of the molecule is CC1=Nc2ccc(-c3ccn4nc(NCC5(F)CCC5)ncc34)nc2C[C@@H]1CCC(F)F. The molecule has 9 heteroatoms. The Morgan fingerprint density at radius 3 is 2.84 bits per heavy atom. The number of halogens is 3. The van der Waals surface area contributed by atoms with Gasteiger partial charge in [-0.05, 0) is 57.2 Å². The Balaban J connectivity index is 1.37. The molecule has 1 aliphatic carbocycles. The van der Waals surface area contributed by atoms with E-state index in [4.69, 9.17) is 4.98 Å². The highest BCUT2D eigenvalue weighted by Gasteiger charge is 2.36. The van der Waals surface area contributed by atoms with Gasteiger partial charge in [-0.3, -0.25) is 9.98 Å². The topological polar surface area (TPSA) is 67.5 Å². The van der Waals surface area contributed by atoms with Crippen LogP contribution in [-0.2, 0) is 6.42 Å². The third kappa shape index (κ3) is 4.08. The molecule has 5 rings (SSSR count). The lowest BCUT2D eigenvalue weighted by Gasteiger charge is -2.33. The van der Waals surface area contributed by atoms with Gasteiger partial charge in [-0.1, -0.05) is 0 Å². The summed E-state index contributed by atoms with van der Waals surface area (Å²) in [6.45, 7) is 2.11. The predicted molar refractivity (Wildman–Crippen MR) is 118 cm³/mol. The molecule has 3 aromatic rings. The summed E-state index contributed by atoms with van der Waals surface area (Å²) < 4.78 is 41.3. The average molecular weight is 442 g/mol. The number of rotatable bonds is 7. The minimum Gasteiger partial charge on any atom is -0.350 e. The van der Waals surface area contributed by atoms with Gasteiger partial charge in [0.05, 0.1) is 35.3 Å². The molecule has 0 aromatic carbocycles. The molecule has 4 heterocycles. The number of fused-ring (bicyclic) bond motifs is 2. The van der Waals surface area contributed by atoms with Crippen molar-refractivity contribution in [2.24, 2.45) is 10.9 Å². The number of nitrogens with zero attached hydrogens (tertiary/aromatic N) is 5. The number of nitrogens with one attached hydrogen (secondary N) is 1. The van der Waals surface area contributed by atoms with Crippen molar-refractivity contribution in [1.29, 1.82) is 0 Å². The molecule has 1 atom stereocenters. The molecular formula is C23H25F3N6. The maximum atomic E-state index is 14.2. The lowest BCUT2D eigenvalue weighted by Crippen LogP contribution is -2.39. The smallest absolute Gasteiger partial charge is 0.241 e. The van der Waals surface area contributed by atoms with Gasteiger partial charge >= 0.3 is 0 Å². The number of hydrogen-bond donors (Lipinski definition) is 1. The summed E-state index contributed by atoms with van der Waals surface area (Å²) in [5.41, 5.74) is 3.76. The summed E-state index contributed by atoms with van der Waals surface area (Å²) in [5, 5.41) is 7.44. The third-order valence-electron chi connectivity index (χ3n) is 6.52. The normalized spacial score (nSPS) is 19.5. The van der Waals surface area contributed by atoms with Crippen molar-refractivity contribution < 1.29 is 13.2 Å². The van der Waals surface area contributed by atoms with Crippen LogP contribution in [0.5, 0.6) is 0 Å². The summed E-state index contributed by atoms with van der Waals surface area (Å²) in [6.07, 6.45) is 4.16. The molecule has 32 heavy (non-hydrogen) atoms. The Kier molecular flexibility index (Phi) is 5.35. The Hall–Kier alpha value is -2.97. The third-order valence-corrected chi connectivity index (χ3v) is 6.52. The van der Waals surface area contributed by atoms with Crippen molar-refractivity contribution >= 4 is 22.9 Å². The van der Waals surface area contributed by atoms with Gasteiger partial charge < -0.3 is 5.32 Å². The quantitative estimate of drug-likeness (QED) is 0.532. The number of aromatic nitrogens is 4. The zero-order valence-corrected chi connectivity index (χ0v) is 17.9. The Labute approximate surface area is 184 Å². The molecule has 0 spiro atoms. The van der Waals surface area contributed by atoms with Crippen molar-refractivity contribution in [3.05, 3.63) is 36.3 Å². The number of hydrogen-bond acceptors (Lipinski definition) is 5. The van der Waals surface area contributed by atoms with Gasteiger partial charge in [0.1, 0.15) is 5.67 Å². The summed E-state index contributed by atoms with van der Waals surface area (Å²) >= 11 is 0. The predicted octanol–water partition coefficient (Wildman–Crippen LogP) is 5.41. The average Bonchev–Trinajstić information content (AvgIpc) is 3.18. The van der Waals surface area contributed by atoms with E-state index in [1.54, 1.807) is 10.7 Å². The van der Waals surface area contributed by atoms with E-state index in [2.05, 4.69) is 20.4 Å². The van der Waals surface area contributed by atoms with E-state index in [1.165, 1.54) is 0 Å². The van der Waals surface area contributed by atoms with E-state index in [9.17, 15) is 13.2 Å². The number of alkyl halides is 3. The fraction of sp³-hybridized carbons (Fsp3) is 0.478. The molecule has 2 aliphatic rings. The van der Waals surface area contributed by atoms with Gasteiger partial charge in [-0.2, -0.15) is 0 Å². The molecule has 1 aliphatic heterocycles. The van der Waals surface area contributed by atoms with Gasteiger partial charge in [0.15, 0.2) is 0 Å². The molecule has 0 unspecified atom stereocenters. The summed E-state index contributed by atoms with van der Waals surface area (Å²) in [4.78, 5) is 13.7. The second-order valence-electron chi connectivity index (χ2n) is 8.78. The zero-order valence-electron chi connectivity index (χ0n) is 17.9. The van der Waals surface area contributed by atoms with Crippen LogP contribution in [0.3, 0.4) is 0 Å². The van der Waals surface area contributed by atoms with E-state index in [0.29, 0.717) is 31.6 Å². The minimum absolute atomic E-state index is 0.0172. The van der Waals surface area contributed by atoms with Crippen LogP contribution >= 0.6 is 0 Å². The Bertz CT molecular complexity index is 1170. The molecule has 0 amide bonds. The van der Waals surface area contributed by atoms with Gasteiger partial charge in [-0.25, -0.2) is 22.7 Å². The van der Waals surface area contributed by atoms with Crippen LogP contribution in [0.4, 0.5) is 24.8 Å². The van der Waals surface area contributed by atoms with Crippen LogP contribution in [0.2, 0.25) is 0 Å². The number of aliphatic imine (C=N–C) groups is 1. The Morgan fingerprint density at radius 2 is 2.09 bits per heavy atom. The van der Waals surface area contributed by atoms with Crippen molar-refractivity contribution in [1.82, 2.24) is 19.6 Å². The second kappa shape index (κ2) is 8.18. The molecule has 1 N–H and O–H groups in total. The first-order valence-electron chi connectivity index (χ1n) is 11.0. The highest BCUT2D eigenvalue weighted by atomic mass is 19.3. The monoisotopic (exact) mass is 442 g/mol. The van der Waals surface area contributed by atoms with Crippen molar-refractivity contribution in [3.8, 4) is 11.3 Å². The molecule has 1 saturated carbocycles. The molecular weight excluding hydrogens is 417 g/mol. The van der Waals surface area contributed by atoms with Crippen molar-refractivity contribution in [2.75, 3.05) is 11.9 Å². The molecule has 6 nitrogen and oxygen atoms in total. The molecule has 168 valence electrons. The first-order valence-corrected chi connectivity index (χ1v) is 11.0. The van der Waals surface area contributed by atoms with E-state index in [0.717, 1.165) is 40.3 Å². The van der Waals surface area contributed by atoms with E-state index in [-0.39, 0.29) is 18.9 Å². The number of anilines is 1. The first kappa shape index (κ1) is 20.9. The summed E-state index contributed by atoms with van der Waals surface area (Å²) in [7, 11) is 0. The fourth-order valence-corrected chi connectivity index (χ4v) is 4.37. The largest absolute Gasteiger partial charge is 0.350 e. The van der Waals surface area contributed by atoms with E-state index < -0.39 is 12.1 Å². The molecule has 1 fully saturated rings. The van der Waals surface area contributed by atoms with Crippen LogP contribution < -0.4 is 5.32 Å². The van der Waals surface area contributed by atoms with Gasteiger partial charge in [0.2, 0.25) is 12.4 Å². The van der Waals surface area contributed by atoms with Gasteiger partial charge in [-0.15, -0.1) is 5.10 Å². The van der Waals surface area contributed by atoms with Crippen molar-refractivity contribution in [3.63, 3.8) is 0 Å². The Morgan fingerprint density at radius 1 is 1.25 bits per heavy atom. The molecule has 0 bridgehead atoms. The van der Waals surface area contributed by atoms with Crippen LogP contribution in [0, 0.1) is 5.92 Å². The first-order chi connectivity index (χ1) is 15.4. The minimum atomic E-state index is -2.31. The highest BCUT2D eigenvalue weighted by molar-refractivity contribution is 5.89. The lowest BCUT2D eigenvalue weighted by atomic mass is 9.82. The van der Waals surface area contributed by atoms with Crippen LogP contribution in [-0.4, -0.2) is 43.9 Å². The highest BCUT2D eigenvalue weighted by Crippen LogP contribution is 2.36. The van der Waals surface area contributed by atoms with Gasteiger partial charge in [0.25, 0.3) is 0 Å². The molecule has 0 saturated heterocycles. The summed E-state index contributed by atoms with van der Waals surface area (Å²) in [6, 6.07) is 5.74. The maximum Gasteiger partial charge on any atom is 0.241 e. The van der Waals surface area contributed by atoms with Crippen LogP contribution in [0.15, 0.2) is 35.6 Å². The number of pyridine rings is 1. The maximum absolute atomic E-state index is 14.2. The van der Waals surface area contributed by atoms with Crippen LogP contribution in [0.25, 0.3) is 16.8 Å². The zero-order chi connectivity index (χ0) is 22.3. The lowest BCUT2D eigenvalue weighted by molar-refractivity contribution is 0.0782. The molecule has 3 aromatic heterocycles. The van der Waals surface area contributed by atoms with Crippen LogP contribution in [0.1, 0.15) is 44.7 Å². The fourth-order valence-electron chi connectivity index (χ4n) is 4.37. The van der Waals surface area contributed by atoms with Crippen molar-refractivity contribution in [2.45, 2.75) is 57.5 Å². The van der Waals surface area contributed by atoms with Gasteiger partial charge in [0, 0.05) is 29.8 Å². The molecule has 0 radical (unpaired) electrons. The summed E-state index contributed by atoms with van der Waals surface area (Å²) in [5.74, 6) is 0.366. The van der Waals surface area contributed by atoms with E-state index >= 15 is 0 Å². The second-order valence-corrected chi connectivity index (χ2v) is 8.78. The standard InChI is InChI=1S/C23H25F3N6/c1-14-15(3-6-21(24)25)11-19-18(29-14)5-4-17(30-19)16-7-10-32-20(16)12-27-22(31-32)28-13-23(26)8-2-9-23/h4-5,7,10,12,15,21H,2-3,6,8-9,11,13H2,1H3,(H,28,31)/t15-/m0/s1. The van der Waals surface area contributed by atoms with E-state index in [1.807, 2.05) is 31.3 Å².